The number of nitrogens with zero attached hydrogens (tertiary/aromatic N) is 1. The molecule has 1 aliphatic carbocycles. The smallest absolute Gasteiger partial charge is 0.146 e. The highest BCUT2D eigenvalue weighted by molar-refractivity contribution is 7.90. The van der Waals surface area contributed by atoms with E-state index in [2.05, 4.69) is 21.8 Å². The zero-order valence-corrected chi connectivity index (χ0v) is 16.9. The predicted molar refractivity (Wildman–Crippen MR) is 109 cm³/mol. The zero-order chi connectivity index (χ0) is 19.6. The summed E-state index contributed by atoms with van der Waals surface area (Å²) >= 11 is -1.24. The molecule has 0 spiro atoms. The summed E-state index contributed by atoms with van der Waals surface area (Å²) in [7, 11) is 0. The summed E-state index contributed by atoms with van der Waals surface area (Å²) in [4.78, 5) is 4.12. The van der Waals surface area contributed by atoms with Crippen LogP contribution in [0.15, 0.2) is 42.7 Å². The molecule has 1 fully saturated rings. The number of aromatic nitrogens is 1. The maximum Gasteiger partial charge on any atom is 0.146 e. The summed E-state index contributed by atoms with van der Waals surface area (Å²) in [6.45, 7) is 5.81. The van der Waals surface area contributed by atoms with E-state index in [1.165, 1.54) is 24.5 Å². The van der Waals surface area contributed by atoms with Gasteiger partial charge in [-0.3, -0.25) is 4.98 Å². The van der Waals surface area contributed by atoms with Crippen molar-refractivity contribution in [2.45, 2.75) is 56.7 Å². The second-order valence-corrected chi connectivity index (χ2v) is 10.3. The summed E-state index contributed by atoms with van der Waals surface area (Å²) in [5, 5.41) is 0. The SMILES string of the molecule is CC(C)(C)[S+]([O-])NC(CC(c1ccncc1)C1CC1)c1ccc(F)c(N)c1. The van der Waals surface area contributed by atoms with Crippen molar-refractivity contribution >= 4 is 17.0 Å². The van der Waals surface area contributed by atoms with Crippen molar-refractivity contribution < 1.29 is 8.94 Å². The molecule has 6 heteroatoms. The van der Waals surface area contributed by atoms with Crippen molar-refractivity contribution in [1.29, 1.82) is 0 Å². The van der Waals surface area contributed by atoms with Gasteiger partial charge >= 0.3 is 0 Å². The van der Waals surface area contributed by atoms with Gasteiger partial charge < -0.3 is 10.3 Å². The minimum Gasteiger partial charge on any atom is -0.598 e. The van der Waals surface area contributed by atoms with Gasteiger partial charge in [0.05, 0.1) is 11.7 Å². The van der Waals surface area contributed by atoms with Gasteiger partial charge in [0.1, 0.15) is 10.6 Å². The Labute approximate surface area is 164 Å². The van der Waals surface area contributed by atoms with Crippen molar-refractivity contribution in [2.75, 3.05) is 5.73 Å². The Morgan fingerprint density at radius 3 is 2.44 bits per heavy atom. The van der Waals surface area contributed by atoms with Crippen LogP contribution in [0.2, 0.25) is 0 Å². The Hall–Kier alpha value is -1.63. The molecule has 1 aliphatic rings. The number of nitrogens with one attached hydrogen (secondary N) is 1. The minimum absolute atomic E-state index is 0.118. The third kappa shape index (κ3) is 5.21. The number of anilines is 1. The van der Waals surface area contributed by atoms with Crippen LogP contribution in [0.4, 0.5) is 10.1 Å². The monoisotopic (exact) mass is 389 g/mol. The molecule has 0 bridgehead atoms. The Kier molecular flexibility index (Phi) is 6.08. The molecule has 146 valence electrons. The number of rotatable bonds is 7. The van der Waals surface area contributed by atoms with E-state index in [4.69, 9.17) is 5.73 Å². The first-order valence-corrected chi connectivity index (χ1v) is 10.5. The third-order valence-electron chi connectivity index (χ3n) is 5.04. The van der Waals surface area contributed by atoms with E-state index in [0.29, 0.717) is 11.8 Å². The molecule has 3 unspecified atom stereocenters. The standard InChI is InChI=1S/C21H28FN3OS/c1-21(2,3)27(26)25-20(16-6-7-18(22)19(23)12-16)13-17(14-4-5-14)15-8-10-24-11-9-15/h6-12,14,17,20,25H,4-5,13,23H2,1-3H3. The van der Waals surface area contributed by atoms with Crippen molar-refractivity contribution in [3.05, 3.63) is 59.7 Å². The lowest BCUT2D eigenvalue weighted by Gasteiger charge is -2.30. The van der Waals surface area contributed by atoms with Crippen LogP contribution in [0, 0.1) is 11.7 Å². The van der Waals surface area contributed by atoms with Gasteiger partial charge in [-0.25, -0.2) is 4.39 Å². The second-order valence-electron chi connectivity index (χ2n) is 8.29. The van der Waals surface area contributed by atoms with E-state index in [9.17, 15) is 8.94 Å². The van der Waals surface area contributed by atoms with Crippen molar-refractivity contribution in [2.24, 2.45) is 5.92 Å². The molecule has 0 amide bonds. The normalized spacial score (nSPS) is 18.1. The molecule has 0 radical (unpaired) electrons. The van der Waals surface area contributed by atoms with Crippen LogP contribution in [0.5, 0.6) is 0 Å². The summed E-state index contributed by atoms with van der Waals surface area (Å²) in [5.41, 5.74) is 8.03. The fourth-order valence-electron chi connectivity index (χ4n) is 3.30. The molecule has 2 aromatic rings. The first-order valence-electron chi connectivity index (χ1n) is 9.38. The Bertz CT molecular complexity index is 762. The highest BCUT2D eigenvalue weighted by atomic mass is 32.2. The number of benzene rings is 1. The summed E-state index contributed by atoms with van der Waals surface area (Å²) in [5.74, 6) is 0.536. The van der Waals surface area contributed by atoms with E-state index in [0.717, 1.165) is 12.0 Å². The first-order chi connectivity index (χ1) is 12.8. The lowest BCUT2D eigenvalue weighted by Crippen LogP contribution is -2.41. The number of hydrogen-bond acceptors (Lipinski definition) is 4. The maximum atomic E-state index is 13.7. The summed E-state index contributed by atoms with van der Waals surface area (Å²) < 4.78 is 29.3. The van der Waals surface area contributed by atoms with Gasteiger partial charge in [0.25, 0.3) is 0 Å². The van der Waals surface area contributed by atoms with Crippen LogP contribution in [0.3, 0.4) is 0 Å². The fraction of sp³-hybridized carbons (Fsp3) is 0.476. The highest BCUT2D eigenvalue weighted by Crippen LogP contribution is 2.47. The summed E-state index contributed by atoms with van der Waals surface area (Å²) in [6, 6.07) is 8.72. The lowest BCUT2D eigenvalue weighted by molar-refractivity contribution is 0.457. The molecular formula is C21H28FN3OS. The van der Waals surface area contributed by atoms with Crippen LogP contribution in [-0.4, -0.2) is 14.3 Å². The number of nitrogens with two attached hydrogens (primary N) is 1. The van der Waals surface area contributed by atoms with Gasteiger partial charge in [-0.05, 0) is 87.3 Å². The van der Waals surface area contributed by atoms with Crippen LogP contribution in [-0.2, 0) is 11.4 Å². The van der Waals surface area contributed by atoms with Crippen LogP contribution >= 0.6 is 0 Å². The largest absolute Gasteiger partial charge is 0.598 e. The molecular weight excluding hydrogens is 361 g/mol. The van der Waals surface area contributed by atoms with Gasteiger partial charge in [-0.1, -0.05) is 6.07 Å². The molecule has 27 heavy (non-hydrogen) atoms. The Morgan fingerprint density at radius 1 is 1.22 bits per heavy atom. The molecule has 3 atom stereocenters. The predicted octanol–water partition coefficient (Wildman–Crippen LogP) is 4.48. The Balaban J connectivity index is 1.89. The van der Waals surface area contributed by atoms with Crippen LogP contribution in [0.25, 0.3) is 0 Å². The summed E-state index contributed by atoms with van der Waals surface area (Å²) in [6.07, 6.45) is 6.81. The van der Waals surface area contributed by atoms with Crippen molar-refractivity contribution in [3.63, 3.8) is 0 Å². The molecule has 0 saturated heterocycles. The van der Waals surface area contributed by atoms with E-state index in [1.54, 1.807) is 12.1 Å². The van der Waals surface area contributed by atoms with Crippen molar-refractivity contribution in [3.8, 4) is 0 Å². The minimum atomic E-state index is -1.24. The molecule has 3 N–H and O–H groups in total. The van der Waals surface area contributed by atoms with Crippen molar-refractivity contribution in [1.82, 2.24) is 9.71 Å². The van der Waals surface area contributed by atoms with Gasteiger partial charge in [-0.15, -0.1) is 4.72 Å². The number of nitrogen functional groups attached to an aromatic ring is 1. The highest BCUT2D eigenvalue weighted by Gasteiger charge is 2.37. The number of hydrogen-bond donors (Lipinski definition) is 2. The maximum absolute atomic E-state index is 13.7. The molecule has 1 saturated carbocycles. The lowest BCUT2D eigenvalue weighted by atomic mass is 9.86. The second kappa shape index (κ2) is 8.17. The molecule has 1 aromatic carbocycles. The molecule has 1 heterocycles. The molecule has 4 nitrogen and oxygen atoms in total. The van der Waals surface area contributed by atoms with Gasteiger partial charge in [-0.2, -0.15) is 0 Å². The van der Waals surface area contributed by atoms with E-state index in [-0.39, 0.29) is 11.7 Å². The average molecular weight is 390 g/mol. The average Bonchev–Trinajstić information content (AvgIpc) is 3.45. The third-order valence-corrected chi connectivity index (χ3v) is 6.65. The zero-order valence-electron chi connectivity index (χ0n) is 16.1. The quantitative estimate of drug-likeness (QED) is 0.541. The van der Waals surface area contributed by atoms with Crippen LogP contribution < -0.4 is 10.5 Å². The Morgan fingerprint density at radius 2 is 1.89 bits per heavy atom. The van der Waals surface area contributed by atoms with Crippen LogP contribution in [0.1, 0.15) is 63.1 Å². The fourth-order valence-corrected chi connectivity index (χ4v) is 4.15. The first kappa shape index (κ1) is 20.1. The topological polar surface area (TPSA) is 74.0 Å². The number of halogens is 1. The molecule has 3 rings (SSSR count). The van der Waals surface area contributed by atoms with Gasteiger partial charge in [0, 0.05) is 23.8 Å². The molecule has 0 aliphatic heterocycles. The van der Waals surface area contributed by atoms with E-state index >= 15 is 0 Å². The molecule has 1 aromatic heterocycles. The van der Waals surface area contributed by atoms with E-state index in [1.807, 2.05) is 33.2 Å². The van der Waals surface area contributed by atoms with Gasteiger partial charge in [0.2, 0.25) is 0 Å². The van der Waals surface area contributed by atoms with Gasteiger partial charge in [0.15, 0.2) is 0 Å². The van der Waals surface area contributed by atoms with E-state index < -0.39 is 21.9 Å². The number of pyridine rings is 1.